The van der Waals surface area contributed by atoms with Gasteiger partial charge in [-0.1, -0.05) is 0 Å². The van der Waals surface area contributed by atoms with Gasteiger partial charge >= 0.3 is 5.97 Å². The van der Waals surface area contributed by atoms with Gasteiger partial charge in [-0.15, -0.1) is 0 Å². The molecule has 1 amide bonds. The molecule has 0 fully saturated rings. The molecule has 0 aromatic carbocycles. The number of methoxy groups -OCH3 is 1. The van der Waals surface area contributed by atoms with Crippen molar-refractivity contribution >= 4 is 11.9 Å². The summed E-state index contributed by atoms with van der Waals surface area (Å²) in [6.07, 6.45) is 0. The molecule has 4 N–H and O–H groups in total. The van der Waals surface area contributed by atoms with E-state index in [1.54, 1.807) is 0 Å². The summed E-state index contributed by atoms with van der Waals surface area (Å²) in [6, 6.07) is -0.991. The van der Waals surface area contributed by atoms with Crippen LogP contribution in [0, 0.1) is 0 Å². The number of aliphatic hydroxyl groups is 1. The normalized spacial score (nSPS) is 11.9. The van der Waals surface area contributed by atoms with Crippen LogP contribution in [0.25, 0.3) is 0 Å². The Balaban J connectivity index is 3.64. The molecule has 0 aliphatic carbocycles. The van der Waals surface area contributed by atoms with Gasteiger partial charge in [-0.25, -0.2) is 0 Å². The first kappa shape index (κ1) is 10.9. The van der Waals surface area contributed by atoms with Crippen LogP contribution in [0.15, 0.2) is 0 Å². The van der Waals surface area contributed by atoms with Crippen LogP contribution in [0.1, 0.15) is 0 Å². The molecule has 0 aromatic rings. The number of ether oxygens (including phenoxy) is 1. The molecule has 6 heteroatoms. The third kappa shape index (κ3) is 3.89. The summed E-state index contributed by atoms with van der Waals surface area (Å²) in [5.74, 6) is -1.14. The lowest BCUT2D eigenvalue weighted by molar-refractivity contribution is -0.141. The molecule has 0 aliphatic rings. The maximum absolute atomic E-state index is 10.8. The van der Waals surface area contributed by atoms with E-state index in [4.69, 9.17) is 10.8 Å². The van der Waals surface area contributed by atoms with Crippen molar-refractivity contribution in [3.8, 4) is 0 Å². The highest BCUT2D eigenvalue weighted by Crippen LogP contribution is 1.76. The van der Waals surface area contributed by atoms with Crippen molar-refractivity contribution in [2.75, 3.05) is 20.3 Å². The second kappa shape index (κ2) is 5.50. The maximum Gasteiger partial charge on any atom is 0.325 e. The van der Waals surface area contributed by atoms with Crippen molar-refractivity contribution in [3.05, 3.63) is 0 Å². The number of nitrogens with one attached hydrogen (secondary N) is 1. The van der Waals surface area contributed by atoms with Crippen molar-refractivity contribution in [1.82, 2.24) is 5.32 Å². The van der Waals surface area contributed by atoms with E-state index in [1.807, 2.05) is 0 Å². The Bertz CT molecular complexity index is 171. The van der Waals surface area contributed by atoms with E-state index in [0.717, 1.165) is 0 Å². The van der Waals surface area contributed by atoms with E-state index in [-0.39, 0.29) is 6.54 Å². The van der Waals surface area contributed by atoms with Crippen LogP contribution in [0.4, 0.5) is 0 Å². The van der Waals surface area contributed by atoms with Crippen molar-refractivity contribution in [2.24, 2.45) is 5.73 Å². The molecule has 0 saturated carbocycles. The zero-order valence-corrected chi connectivity index (χ0v) is 6.74. The van der Waals surface area contributed by atoms with Crippen molar-refractivity contribution in [1.29, 1.82) is 0 Å². The van der Waals surface area contributed by atoms with E-state index in [0.29, 0.717) is 0 Å². The second-order valence-corrected chi connectivity index (χ2v) is 2.08. The minimum absolute atomic E-state index is 0.233. The summed E-state index contributed by atoms with van der Waals surface area (Å²) in [5, 5.41) is 10.6. The second-order valence-electron chi connectivity index (χ2n) is 2.08. The molecular weight excluding hydrogens is 164 g/mol. The number of rotatable bonds is 4. The van der Waals surface area contributed by atoms with E-state index in [9.17, 15) is 9.59 Å². The molecule has 6 nitrogen and oxygen atoms in total. The first-order chi connectivity index (χ1) is 5.61. The van der Waals surface area contributed by atoms with Gasteiger partial charge in [0, 0.05) is 0 Å². The fourth-order valence-corrected chi connectivity index (χ4v) is 0.445. The fraction of sp³-hybridized carbons (Fsp3) is 0.667. The van der Waals surface area contributed by atoms with Gasteiger partial charge in [0.05, 0.1) is 13.7 Å². The Hall–Kier alpha value is -1.14. The van der Waals surface area contributed by atoms with E-state index >= 15 is 0 Å². The molecule has 0 saturated heterocycles. The molecule has 0 radical (unpaired) electrons. The molecular formula is C6H12N2O4. The molecule has 1 atom stereocenters. The quantitative estimate of drug-likeness (QED) is 0.414. The number of nitrogens with two attached hydrogens (primary N) is 1. The number of hydrogen-bond acceptors (Lipinski definition) is 5. The topological polar surface area (TPSA) is 102 Å². The summed E-state index contributed by atoms with van der Waals surface area (Å²) >= 11 is 0. The maximum atomic E-state index is 10.8. The van der Waals surface area contributed by atoms with Crippen LogP contribution >= 0.6 is 0 Å². The van der Waals surface area contributed by atoms with Gasteiger partial charge < -0.3 is 20.9 Å². The summed E-state index contributed by atoms with van der Waals surface area (Å²) in [6.45, 7) is -0.684. The van der Waals surface area contributed by atoms with Crippen molar-refractivity contribution in [2.45, 2.75) is 6.04 Å². The summed E-state index contributed by atoms with van der Waals surface area (Å²) in [5.41, 5.74) is 5.13. The third-order valence-electron chi connectivity index (χ3n) is 1.17. The third-order valence-corrected chi connectivity index (χ3v) is 1.17. The molecule has 0 bridgehead atoms. The highest BCUT2D eigenvalue weighted by atomic mass is 16.5. The predicted molar refractivity (Wildman–Crippen MR) is 40.1 cm³/mol. The number of carbonyl (C=O) groups excluding carboxylic acids is 2. The Kier molecular flexibility index (Phi) is 4.98. The van der Waals surface area contributed by atoms with Crippen LogP contribution in [-0.2, 0) is 14.3 Å². The van der Waals surface area contributed by atoms with Crippen LogP contribution in [0.5, 0.6) is 0 Å². The lowest BCUT2D eigenvalue weighted by atomic mass is 10.3. The number of amides is 1. The van der Waals surface area contributed by atoms with Crippen LogP contribution in [0.2, 0.25) is 0 Å². The van der Waals surface area contributed by atoms with Gasteiger partial charge in [0.1, 0.15) is 12.6 Å². The predicted octanol–water partition coefficient (Wildman–Crippen LogP) is -2.40. The van der Waals surface area contributed by atoms with Crippen LogP contribution in [0.3, 0.4) is 0 Å². The average Bonchev–Trinajstić information content (AvgIpc) is 2.11. The van der Waals surface area contributed by atoms with Gasteiger partial charge in [0.2, 0.25) is 5.91 Å². The van der Waals surface area contributed by atoms with Crippen molar-refractivity contribution in [3.63, 3.8) is 0 Å². The Morgan fingerprint density at radius 1 is 1.67 bits per heavy atom. The van der Waals surface area contributed by atoms with Gasteiger partial charge in [0.25, 0.3) is 0 Å². The zero-order valence-electron chi connectivity index (χ0n) is 6.74. The molecule has 0 aromatic heterocycles. The Morgan fingerprint density at radius 3 is 2.67 bits per heavy atom. The number of esters is 1. The lowest BCUT2D eigenvalue weighted by Gasteiger charge is -2.07. The first-order valence-electron chi connectivity index (χ1n) is 3.32. The smallest absolute Gasteiger partial charge is 0.325 e. The Labute approximate surface area is 69.7 Å². The number of hydrogen-bond donors (Lipinski definition) is 3. The standard InChI is InChI=1S/C6H12N2O4/c1-12-5(10)2-8-6(11)4(7)3-9/h4,9H,2-3,7H2,1H3,(H,8,11)/t4-/m1/s1. The molecule has 0 aliphatic heterocycles. The molecule has 0 heterocycles. The SMILES string of the molecule is COC(=O)CNC(=O)[C@H](N)CO. The Morgan fingerprint density at radius 2 is 2.25 bits per heavy atom. The van der Waals surface area contributed by atoms with Crippen LogP contribution in [-0.4, -0.2) is 43.3 Å². The molecule has 12 heavy (non-hydrogen) atoms. The summed E-state index contributed by atoms with van der Waals surface area (Å²) in [4.78, 5) is 21.3. The molecule has 0 unspecified atom stereocenters. The lowest BCUT2D eigenvalue weighted by Crippen LogP contribution is -2.44. The van der Waals surface area contributed by atoms with E-state index in [1.165, 1.54) is 7.11 Å². The number of carbonyl (C=O) groups is 2. The fourth-order valence-electron chi connectivity index (χ4n) is 0.445. The monoisotopic (exact) mass is 176 g/mol. The molecule has 0 spiro atoms. The number of aliphatic hydroxyl groups excluding tert-OH is 1. The summed E-state index contributed by atoms with van der Waals surface area (Å²) < 4.78 is 4.26. The van der Waals surface area contributed by atoms with Crippen LogP contribution < -0.4 is 11.1 Å². The van der Waals surface area contributed by atoms with E-state index in [2.05, 4.69) is 10.1 Å². The summed E-state index contributed by atoms with van der Waals surface area (Å²) in [7, 11) is 1.21. The largest absolute Gasteiger partial charge is 0.468 e. The van der Waals surface area contributed by atoms with Gasteiger partial charge in [-0.3, -0.25) is 9.59 Å². The minimum Gasteiger partial charge on any atom is -0.468 e. The molecule has 70 valence electrons. The zero-order chi connectivity index (χ0) is 9.56. The highest BCUT2D eigenvalue weighted by molar-refractivity contribution is 5.85. The van der Waals surface area contributed by atoms with Gasteiger partial charge in [-0.05, 0) is 0 Å². The highest BCUT2D eigenvalue weighted by Gasteiger charge is 2.12. The van der Waals surface area contributed by atoms with Crippen molar-refractivity contribution < 1.29 is 19.4 Å². The van der Waals surface area contributed by atoms with Gasteiger partial charge in [0.15, 0.2) is 0 Å². The van der Waals surface area contributed by atoms with E-state index < -0.39 is 24.5 Å². The molecule has 0 rings (SSSR count). The van der Waals surface area contributed by atoms with Gasteiger partial charge in [-0.2, -0.15) is 0 Å². The first-order valence-corrected chi connectivity index (χ1v) is 3.32. The minimum atomic E-state index is -0.991. The average molecular weight is 176 g/mol.